The molecule has 0 aromatic heterocycles. The van der Waals surface area contributed by atoms with Crippen LogP contribution in [-0.2, 0) is 6.42 Å². The Labute approximate surface area is 105 Å². The monoisotopic (exact) mass is 283 g/mol. The van der Waals surface area contributed by atoms with E-state index < -0.39 is 5.60 Å². The van der Waals surface area contributed by atoms with Gasteiger partial charge in [0.15, 0.2) is 0 Å². The average molecular weight is 284 g/mol. The van der Waals surface area contributed by atoms with Crippen LogP contribution in [0.25, 0.3) is 0 Å². The van der Waals surface area contributed by atoms with Crippen LogP contribution in [0.5, 0.6) is 0 Å². The first-order valence-electron chi connectivity index (χ1n) is 5.77. The van der Waals surface area contributed by atoms with Crippen LogP contribution in [0.2, 0.25) is 0 Å². The quantitative estimate of drug-likeness (QED) is 0.874. The van der Waals surface area contributed by atoms with Crippen molar-refractivity contribution in [1.29, 1.82) is 0 Å². The first-order chi connectivity index (χ1) is 7.59. The summed E-state index contributed by atoms with van der Waals surface area (Å²) < 4.78 is 1.13. The Morgan fingerprint density at radius 1 is 1.38 bits per heavy atom. The zero-order valence-corrected chi connectivity index (χ0v) is 11.2. The van der Waals surface area contributed by atoms with Crippen molar-refractivity contribution in [2.45, 2.75) is 31.8 Å². The second kappa shape index (κ2) is 4.86. The van der Waals surface area contributed by atoms with E-state index in [1.165, 1.54) is 11.1 Å². The van der Waals surface area contributed by atoms with E-state index in [1.54, 1.807) is 0 Å². The molecule has 1 heterocycles. The number of hydrogen-bond donors (Lipinski definition) is 2. The van der Waals surface area contributed by atoms with Gasteiger partial charge in [0.05, 0.1) is 5.60 Å². The minimum absolute atomic E-state index is 0.514. The molecule has 2 nitrogen and oxygen atoms in total. The normalized spacial score (nSPS) is 19.7. The first-order valence-corrected chi connectivity index (χ1v) is 6.56. The molecule has 2 N–H and O–H groups in total. The van der Waals surface area contributed by atoms with Gasteiger partial charge in [-0.1, -0.05) is 28.1 Å². The van der Waals surface area contributed by atoms with Crippen LogP contribution in [0.3, 0.4) is 0 Å². The van der Waals surface area contributed by atoms with E-state index in [4.69, 9.17) is 0 Å². The smallest absolute Gasteiger partial charge is 0.0712 e. The maximum atomic E-state index is 10.4. The third-order valence-electron chi connectivity index (χ3n) is 3.30. The number of halogens is 1. The minimum Gasteiger partial charge on any atom is -0.389 e. The molecule has 1 aliphatic heterocycles. The fraction of sp³-hybridized carbons (Fsp3) is 0.538. The number of rotatable bonds is 2. The Hall–Kier alpha value is -0.380. The van der Waals surface area contributed by atoms with Crippen molar-refractivity contribution in [2.24, 2.45) is 0 Å². The lowest BCUT2D eigenvalue weighted by atomic mass is 9.86. The van der Waals surface area contributed by atoms with Crippen molar-refractivity contribution < 1.29 is 5.11 Å². The summed E-state index contributed by atoms with van der Waals surface area (Å²) in [5.41, 5.74) is 1.93. The minimum atomic E-state index is -0.514. The summed E-state index contributed by atoms with van der Waals surface area (Å²) in [6.07, 6.45) is 2.45. The topological polar surface area (TPSA) is 32.3 Å². The highest BCUT2D eigenvalue weighted by atomic mass is 79.9. The maximum absolute atomic E-state index is 10.4. The van der Waals surface area contributed by atoms with Crippen molar-refractivity contribution in [3.05, 3.63) is 33.8 Å². The summed E-state index contributed by atoms with van der Waals surface area (Å²) in [5, 5.41) is 13.7. The SMILES string of the molecule is Cc1ccc(CC2(O)CCNCC2)cc1Br. The molecule has 0 radical (unpaired) electrons. The second-order valence-electron chi connectivity index (χ2n) is 4.73. The number of benzene rings is 1. The average Bonchev–Trinajstić information content (AvgIpc) is 2.24. The van der Waals surface area contributed by atoms with Gasteiger partial charge in [0.25, 0.3) is 0 Å². The molecular weight excluding hydrogens is 266 g/mol. The van der Waals surface area contributed by atoms with Gasteiger partial charge in [-0.3, -0.25) is 0 Å². The van der Waals surface area contributed by atoms with Crippen LogP contribution in [-0.4, -0.2) is 23.8 Å². The molecule has 1 aliphatic rings. The highest BCUT2D eigenvalue weighted by Crippen LogP contribution is 2.25. The van der Waals surface area contributed by atoms with E-state index >= 15 is 0 Å². The Kier molecular flexibility index (Phi) is 3.67. The lowest BCUT2D eigenvalue weighted by molar-refractivity contribution is 0.0108. The van der Waals surface area contributed by atoms with E-state index in [0.29, 0.717) is 0 Å². The van der Waals surface area contributed by atoms with Crippen LogP contribution in [0.4, 0.5) is 0 Å². The molecule has 0 unspecified atom stereocenters. The highest BCUT2D eigenvalue weighted by Gasteiger charge is 2.29. The second-order valence-corrected chi connectivity index (χ2v) is 5.59. The lowest BCUT2D eigenvalue weighted by Gasteiger charge is -2.32. The van der Waals surface area contributed by atoms with Gasteiger partial charge in [0.1, 0.15) is 0 Å². The van der Waals surface area contributed by atoms with Crippen molar-refractivity contribution >= 4 is 15.9 Å². The zero-order valence-electron chi connectivity index (χ0n) is 9.59. The van der Waals surface area contributed by atoms with E-state index in [2.05, 4.69) is 46.4 Å². The number of hydrogen-bond acceptors (Lipinski definition) is 2. The van der Waals surface area contributed by atoms with E-state index in [9.17, 15) is 5.11 Å². The van der Waals surface area contributed by atoms with Gasteiger partial charge < -0.3 is 10.4 Å². The molecule has 0 aliphatic carbocycles. The number of piperidine rings is 1. The third-order valence-corrected chi connectivity index (χ3v) is 4.16. The summed E-state index contributed by atoms with van der Waals surface area (Å²) in [5.74, 6) is 0. The molecule has 1 aromatic rings. The summed E-state index contributed by atoms with van der Waals surface area (Å²) in [4.78, 5) is 0. The van der Waals surface area contributed by atoms with Gasteiger partial charge in [-0.15, -0.1) is 0 Å². The Morgan fingerprint density at radius 3 is 2.69 bits per heavy atom. The number of aryl methyl sites for hydroxylation is 1. The van der Waals surface area contributed by atoms with Crippen LogP contribution in [0, 0.1) is 6.92 Å². The van der Waals surface area contributed by atoms with Gasteiger partial charge >= 0.3 is 0 Å². The number of nitrogens with one attached hydrogen (secondary N) is 1. The van der Waals surface area contributed by atoms with Crippen molar-refractivity contribution in [3.8, 4) is 0 Å². The Bertz CT molecular complexity index is 372. The summed E-state index contributed by atoms with van der Waals surface area (Å²) in [7, 11) is 0. The molecule has 88 valence electrons. The molecule has 1 fully saturated rings. The molecule has 0 bridgehead atoms. The molecule has 2 rings (SSSR count). The molecule has 3 heteroatoms. The predicted molar refractivity (Wildman–Crippen MR) is 69.6 cm³/mol. The fourth-order valence-electron chi connectivity index (χ4n) is 2.20. The molecule has 0 saturated carbocycles. The third kappa shape index (κ3) is 2.84. The Balaban J connectivity index is 2.10. The summed E-state index contributed by atoms with van der Waals surface area (Å²) >= 11 is 3.53. The van der Waals surface area contributed by atoms with Crippen LogP contribution in [0.1, 0.15) is 24.0 Å². The van der Waals surface area contributed by atoms with Crippen LogP contribution >= 0.6 is 15.9 Å². The van der Waals surface area contributed by atoms with Gasteiger partial charge in [-0.05, 0) is 50.0 Å². The molecular formula is C13H18BrNO. The molecule has 0 spiro atoms. The molecule has 16 heavy (non-hydrogen) atoms. The van der Waals surface area contributed by atoms with Crippen LogP contribution < -0.4 is 5.32 Å². The molecule has 1 saturated heterocycles. The molecule has 0 amide bonds. The van der Waals surface area contributed by atoms with Crippen molar-refractivity contribution in [1.82, 2.24) is 5.32 Å². The van der Waals surface area contributed by atoms with E-state index in [-0.39, 0.29) is 0 Å². The lowest BCUT2D eigenvalue weighted by Crippen LogP contribution is -2.43. The van der Waals surface area contributed by atoms with Gasteiger partial charge in [-0.25, -0.2) is 0 Å². The van der Waals surface area contributed by atoms with Crippen molar-refractivity contribution in [2.75, 3.05) is 13.1 Å². The first kappa shape index (κ1) is 12.1. The molecule has 1 aromatic carbocycles. The predicted octanol–water partition coefficient (Wildman–Crippen LogP) is 2.41. The van der Waals surface area contributed by atoms with Gasteiger partial charge in [0.2, 0.25) is 0 Å². The standard InChI is InChI=1S/C13H18BrNO/c1-10-2-3-11(8-12(10)14)9-13(16)4-6-15-7-5-13/h2-3,8,15-16H,4-7,9H2,1H3. The van der Waals surface area contributed by atoms with E-state index in [0.717, 1.165) is 36.8 Å². The summed E-state index contributed by atoms with van der Waals surface area (Å²) in [6.45, 7) is 3.92. The number of aliphatic hydroxyl groups is 1. The fourth-order valence-corrected chi connectivity index (χ4v) is 2.62. The van der Waals surface area contributed by atoms with E-state index in [1.807, 2.05) is 0 Å². The summed E-state index contributed by atoms with van der Waals surface area (Å²) in [6, 6.07) is 6.33. The highest BCUT2D eigenvalue weighted by molar-refractivity contribution is 9.10. The van der Waals surface area contributed by atoms with Gasteiger partial charge in [0, 0.05) is 10.9 Å². The van der Waals surface area contributed by atoms with Crippen LogP contribution in [0.15, 0.2) is 22.7 Å². The maximum Gasteiger partial charge on any atom is 0.0712 e. The van der Waals surface area contributed by atoms with Crippen molar-refractivity contribution in [3.63, 3.8) is 0 Å². The van der Waals surface area contributed by atoms with Gasteiger partial charge in [-0.2, -0.15) is 0 Å². The largest absolute Gasteiger partial charge is 0.389 e. The zero-order chi connectivity index (χ0) is 11.6. The molecule has 0 atom stereocenters. The Morgan fingerprint density at radius 2 is 2.06 bits per heavy atom.